The number of nitrogens with zero attached hydrogens (tertiary/aromatic N) is 2. The summed E-state index contributed by atoms with van der Waals surface area (Å²) in [4.78, 5) is 29.2. The number of ether oxygens (including phenoxy) is 2. The van der Waals surface area contributed by atoms with E-state index in [1.54, 1.807) is 54.6 Å². The maximum atomic E-state index is 13.3. The Kier molecular flexibility index (Phi) is 4.88. The summed E-state index contributed by atoms with van der Waals surface area (Å²) in [7, 11) is 0. The number of benzene rings is 3. The Bertz CT molecular complexity index is 1460. The van der Waals surface area contributed by atoms with Crippen LogP contribution < -0.4 is 15.0 Å². The molecule has 0 saturated heterocycles. The monoisotopic (exact) mass is 446 g/mol. The van der Waals surface area contributed by atoms with Gasteiger partial charge < -0.3 is 14.6 Å². The van der Waals surface area contributed by atoms with Gasteiger partial charge in [0.1, 0.15) is 5.82 Å². The number of aromatic carboxylic acids is 1. The SMILES string of the molecule is O=C(O)c1ccc(-n2c(C=Cc3cc(Cl)c4c(c3)OCO4)nc3ccccc3c2=O)cc1. The second kappa shape index (κ2) is 7.86. The highest BCUT2D eigenvalue weighted by molar-refractivity contribution is 6.32. The van der Waals surface area contributed by atoms with Gasteiger partial charge in [-0.2, -0.15) is 0 Å². The minimum absolute atomic E-state index is 0.111. The molecule has 4 aromatic rings. The van der Waals surface area contributed by atoms with Gasteiger partial charge in [-0.3, -0.25) is 9.36 Å². The first-order valence-corrected chi connectivity index (χ1v) is 10.0. The summed E-state index contributed by atoms with van der Waals surface area (Å²) < 4.78 is 12.2. The van der Waals surface area contributed by atoms with Crippen molar-refractivity contribution in [3.05, 3.63) is 93.0 Å². The lowest BCUT2D eigenvalue weighted by molar-refractivity contribution is 0.0697. The minimum Gasteiger partial charge on any atom is -0.478 e. The first-order valence-electron chi connectivity index (χ1n) is 9.64. The van der Waals surface area contributed by atoms with E-state index in [1.165, 1.54) is 16.7 Å². The van der Waals surface area contributed by atoms with Gasteiger partial charge in [0.2, 0.25) is 6.79 Å². The first-order chi connectivity index (χ1) is 15.5. The fourth-order valence-corrected chi connectivity index (χ4v) is 3.79. The van der Waals surface area contributed by atoms with Gasteiger partial charge in [0.25, 0.3) is 5.56 Å². The second-order valence-corrected chi connectivity index (χ2v) is 7.46. The van der Waals surface area contributed by atoms with Crippen molar-refractivity contribution in [3.63, 3.8) is 0 Å². The molecule has 8 heteroatoms. The molecule has 0 saturated carbocycles. The van der Waals surface area contributed by atoms with Crippen LogP contribution in [0.15, 0.2) is 65.5 Å². The van der Waals surface area contributed by atoms with Crippen molar-refractivity contribution in [1.29, 1.82) is 0 Å². The molecular formula is C24H15ClN2O5. The highest BCUT2D eigenvalue weighted by Gasteiger charge is 2.18. The van der Waals surface area contributed by atoms with Crippen LogP contribution in [0.4, 0.5) is 0 Å². The molecule has 5 rings (SSSR count). The molecule has 1 aromatic heterocycles. The molecule has 0 atom stereocenters. The summed E-state index contributed by atoms with van der Waals surface area (Å²) in [6, 6.07) is 16.6. The molecule has 2 heterocycles. The minimum atomic E-state index is -1.04. The average molecular weight is 447 g/mol. The molecule has 0 aliphatic carbocycles. The van der Waals surface area contributed by atoms with Gasteiger partial charge in [0.15, 0.2) is 11.5 Å². The summed E-state index contributed by atoms with van der Waals surface area (Å²) in [5.74, 6) is 0.388. The molecule has 1 aliphatic rings. The van der Waals surface area contributed by atoms with Crippen molar-refractivity contribution >= 4 is 40.6 Å². The fraction of sp³-hybridized carbons (Fsp3) is 0.0417. The fourth-order valence-electron chi connectivity index (χ4n) is 3.52. The quantitative estimate of drug-likeness (QED) is 0.491. The number of carboxylic acids is 1. The van der Waals surface area contributed by atoms with E-state index in [4.69, 9.17) is 21.1 Å². The smallest absolute Gasteiger partial charge is 0.335 e. The molecule has 1 N–H and O–H groups in total. The van der Waals surface area contributed by atoms with Gasteiger partial charge in [0.05, 0.1) is 27.2 Å². The Morgan fingerprint density at radius 3 is 2.62 bits per heavy atom. The number of aromatic nitrogens is 2. The lowest BCUT2D eigenvalue weighted by atomic mass is 10.1. The summed E-state index contributed by atoms with van der Waals surface area (Å²) in [5, 5.41) is 10.1. The lowest BCUT2D eigenvalue weighted by Gasteiger charge is -2.12. The Balaban J connectivity index is 1.66. The van der Waals surface area contributed by atoms with Gasteiger partial charge in [0, 0.05) is 0 Å². The number of hydrogen-bond donors (Lipinski definition) is 1. The zero-order valence-corrected chi connectivity index (χ0v) is 17.2. The van der Waals surface area contributed by atoms with Gasteiger partial charge in [-0.15, -0.1) is 0 Å². The number of hydrogen-bond acceptors (Lipinski definition) is 5. The van der Waals surface area contributed by atoms with Gasteiger partial charge in [-0.05, 0) is 60.2 Å². The second-order valence-electron chi connectivity index (χ2n) is 7.05. The molecule has 158 valence electrons. The maximum Gasteiger partial charge on any atom is 0.335 e. The Morgan fingerprint density at radius 2 is 1.84 bits per heavy atom. The van der Waals surface area contributed by atoms with E-state index in [9.17, 15) is 14.7 Å². The van der Waals surface area contributed by atoms with Crippen LogP contribution in [0.3, 0.4) is 0 Å². The zero-order valence-electron chi connectivity index (χ0n) is 16.5. The van der Waals surface area contributed by atoms with E-state index in [0.717, 1.165) is 5.56 Å². The van der Waals surface area contributed by atoms with Gasteiger partial charge >= 0.3 is 5.97 Å². The van der Waals surface area contributed by atoms with Crippen molar-refractivity contribution in [2.45, 2.75) is 0 Å². The number of rotatable bonds is 4. The molecule has 0 spiro atoms. The van der Waals surface area contributed by atoms with Gasteiger partial charge in [-0.25, -0.2) is 9.78 Å². The molecule has 7 nitrogen and oxygen atoms in total. The molecule has 3 aromatic carbocycles. The zero-order chi connectivity index (χ0) is 22.2. The average Bonchev–Trinajstić information content (AvgIpc) is 3.27. The van der Waals surface area contributed by atoms with Gasteiger partial charge in [-0.1, -0.05) is 29.8 Å². The number of fused-ring (bicyclic) bond motifs is 2. The highest BCUT2D eigenvalue weighted by Crippen LogP contribution is 2.40. The molecule has 1 aliphatic heterocycles. The first kappa shape index (κ1) is 19.8. The number of halogens is 1. The third-order valence-electron chi connectivity index (χ3n) is 5.05. The van der Waals surface area contributed by atoms with Crippen LogP contribution in [0.1, 0.15) is 21.7 Å². The summed E-state index contributed by atoms with van der Waals surface area (Å²) in [5.41, 5.74) is 1.67. The molecule has 32 heavy (non-hydrogen) atoms. The van der Waals surface area contributed by atoms with E-state index in [2.05, 4.69) is 4.98 Å². The number of para-hydroxylation sites is 1. The molecule has 0 radical (unpaired) electrons. The Labute approximate surface area is 186 Å². The van der Waals surface area contributed by atoms with Crippen molar-refractivity contribution < 1.29 is 19.4 Å². The van der Waals surface area contributed by atoms with Crippen LogP contribution in [-0.4, -0.2) is 27.4 Å². The van der Waals surface area contributed by atoms with E-state index >= 15 is 0 Å². The van der Waals surface area contributed by atoms with Crippen LogP contribution in [0, 0.1) is 0 Å². The largest absolute Gasteiger partial charge is 0.478 e. The summed E-state index contributed by atoms with van der Waals surface area (Å²) in [6.07, 6.45) is 3.47. The third-order valence-corrected chi connectivity index (χ3v) is 5.33. The van der Waals surface area contributed by atoms with E-state index in [0.29, 0.717) is 38.9 Å². The van der Waals surface area contributed by atoms with E-state index < -0.39 is 5.97 Å². The van der Waals surface area contributed by atoms with Crippen LogP contribution in [0.25, 0.3) is 28.7 Å². The van der Waals surface area contributed by atoms with E-state index in [1.807, 2.05) is 6.07 Å². The van der Waals surface area contributed by atoms with Crippen LogP contribution in [0.2, 0.25) is 5.02 Å². The molecule has 0 amide bonds. The highest BCUT2D eigenvalue weighted by atomic mass is 35.5. The van der Waals surface area contributed by atoms with Crippen molar-refractivity contribution in [2.75, 3.05) is 6.79 Å². The lowest BCUT2D eigenvalue weighted by Crippen LogP contribution is -2.22. The molecule has 0 bridgehead atoms. The summed E-state index contributed by atoms with van der Waals surface area (Å²) in [6.45, 7) is 0.111. The van der Waals surface area contributed by atoms with E-state index in [-0.39, 0.29) is 17.9 Å². The van der Waals surface area contributed by atoms with Crippen molar-refractivity contribution in [3.8, 4) is 17.2 Å². The van der Waals surface area contributed by atoms with Crippen LogP contribution in [-0.2, 0) is 0 Å². The summed E-state index contributed by atoms with van der Waals surface area (Å²) >= 11 is 6.27. The number of carboxylic acid groups (broad SMARTS) is 1. The number of carbonyl (C=O) groups is 1. The molecular weight excluding hydrogens is 432 g/mol. The predicted molar refractivity (Wildman–Crippen MR) is 121 cm³/mol. The Hall–Kier alpha value is -4.10. The van der Waals surface area contributed by atoms with Crippen LogP contribution in [0.5, 0.6) is 11.5 Å². The maximum absolute atomic E-state index is 13.3. The Morgan fingerprint density at radius 1 is 1.06 bits per heavy atom. The van der Waals surface area contributed by atoms with Crippen molar-refractivity contribution in [2.24, 2.45) is 0 Å². The predicted octanol–water partition coefficient (Wildman–Crippen LogP) is 4.64. The third kappa shape index (κ3) is 3.48. The normalized spacial score (nSPS) is 12.5. The topological polar surface area (TPSA) is 90.7 Å². The molecule has 0 unspecified atom stereocenters. The standard InChI is InChI=1S/C24H15ClN2O5/c25-18-11-14(12-20-22(18)32-13-31-20)5-10-21-26-19-4-2-1-3-17(19)23(28)27(21)16-8-6-15(7-9-16)24(29)30/h1-12H,13H2,(H,29,30). The van der Waals surface area contributed by atoms with Crippen LogP contribution >= 0.6 is 11.6 Å². The van der Waals surface area contributed by atoms with Crippen molar-refractivity contribution in [1.82, 2.24) is 9.55 Å². The molecule has 0 fully saturated rings.